The van der Waals surface area contributed by atoms with E-state index in [2.05, 4.69) is 5.32 Å². The quantitative estimate of drug-likeness (QED) is 0.906. The van der Waals surface area contributed by atoms with Crippen LogP contribution < -0.4 is 14.8 Å². The minimum absolute atomic E-state index is 0.123. The summed E-state index contributed by atoms with van der Waals surface area (Å²) in [6, 6.07) is 11.0. The smallest absolute Gasteiger partial charge is 0.262 e. The van der Waals surface area contributed by atoms with Crippen LogP contribution in [0, 0.1) is 13.8 Å². The van der Waals surface area contributed by atoms with E-state index in [1.54, 1.807) is 19.2 Å². The number of ether oxygens (including phenoxy) is 2. The van der Waals surface area contributed by atoms with Crippen LogP contribution >= 0.6 is 11.6 Å². The third-order valence-electron chi connectivity index (χ3n) is 3.10. The molecule has 0 aliphatic heterocycles. The van der Waals surface area contributed by atoms with E-state index < -0.39 is 0 Å². The Morgan fingerprint density at radius 2 is 1.95 bits per heavy atom. The highest BCUT2D eigenvalue weighted by molar-refractivity contribution is 6.32. The number of rotatable bonds is 5. The van der Waals surface area contributed by atoms with Gasteiger partial charge in [-0.2, -0.15) is 0 Å². The normalized spacial score (nSPS) is 10.2. The van der Waals surface area contributed by atoms with Gasteiger partial charge in [0, 0.05) is 0 Å². The third-order valence-corrected chi connectivity index (χ3v) is 3.38. The predicted octanol–water partition coefficient (Wildman–Crippen LogP) is 3.98. The summed E-state index contributed by atoms with van der Waals surface area (Å²) in [5.74, 6) is 0.850. The van der Waals surface area contributed by atoms with Crippen LogP contribution in [0.4, 0.5) is 5.69 Å². The summed E-state index contributed by atoms with van der Waals surface area (Å²) in [4.78, 5) is 12.0. The molecule has 1 amide bonds. The fourth-order valence-corrected chi connectivity index (χ4v) is 2.53. The topological polar surface area (TPSA) is 47.6 Å². The number of carbonyl (C=O) groups excluding carboxylic acids is 1. The molecular weight excluding hydrogens is 302 g/mol. The van der Waals surface area contributed by atoms with Crippen molar-refractivity contribution in [3.8, 4) is 11.5 Å². The van der Waals surface area contributed by atoms with E-state index in [0.29, 0.717) is 22.2 Å². The standard InChI is InChI=1S/C17H18ClNO3/c1-11-8-12(2)17(13(18)9-11)22-10-16(20)19-14-6-4-5-7-15(14)21-3/h4-9H,10H2,1-3H3,(H,19,20). The molecule has 0 heterocycles. The molecule has 0 atom stereocenters. The third kappa shape index (κ3) is 3.92. The fourth-order valence-electron chi connectivity index (χ4n) is 2.16. The van der Waals surface area contributed by atoms with E-state index >= 15 is 0 Å². The molecule has 2 aromatic carbocycles. The predicted molar refractivity (Wildman–Crippen MR) is 88.0 cm³/mol. The number of carbonyl (C=O) groups is 1. The monoisotopic (exact) mass is 319 g/mol. The lowest BCUT2D eigenvalue weighted by Crippen LogP contribution is -2.20. The maximum absolute atomic E-state index is 12.0. The molecule has 0 unspecified atom stereocenters. The van der Waals surface area contributed by atoms with Crippen LogP contribution in [0.5, 0.6) is 11.5 Å². The van der Waals surface area contributed by atoms with E-state index in [0.717, 1.165) is 11.1 Å². The van der Waals surface area contributed by atoms with Crippen molar-refractivity contribution in [1.82, 2.24) is 0 Å². The van der Waals surface area contributed by atoms with Gasteiger partial charge in [0.2, 0.25) is 0 Å². The van der Waals surface area contributed by atoms with Crippen LogP contribution in [-0.2, 0) is 4.79 Å². The first-order chi connectivity index (χ1) is 10.5. The molecule has 0 radical (unpaired) electrons. The van der Waals surface area contributed by atoms with Gasteiger partial charge < -0.3 is 14.8 Å². The maximum Gasteiger partial charge on any atom is 0.262 e. The van der Waals surface area contributed by atoms with Crippen LogP contribution in [0.2, 0.25) is 5.02 Å². The van der Waals surface area contributed by atoms with Crippen molar-refractivity contribution in [2.24, 2.45) is 0 Å². The first kappa shape index (κ1) is 16.2. The van der Waals surface area contributed by atoms with Gasteiger partial charge in [-0.05, 0) is 43.2 Å². The van der Waals surface area contributed by atoms with Crippen molar-refractivity contribution in [2.45, 2.75) is 13.8 Å². The minimum Gasteiger partial charge on any atom is -0.495 e. The van der Waals surface area contributed by atoms with Gasteiger partial charge in [-0.25, -0.2) is 0 Å². The molecule has 0 aliphatic carbocycles. The minimum atomic E-state index is -0.277. The number of hydrogen-bond acceptors (Lipinski definition) is 3. The van der Waals surface area contributed by atoms with E-state index in [9.17, 15) is 4.79 Å². The highest BCUT2D eigenvalue weighted by atomic mass is 35.5. The molecule has 2 aromatic rings. The number of halogens is 1. The molecule has 4 nitrogen and oxygen atoms in total. The summed E-state index contributed by atoms with van der Waals surface area (Å²) in [5.41, 5.74) is 2.55. The number of amides is 1. The Balaban J connectivity index is 2.02. The van der Waals surface area contributed by atoms with Crippen LogP contribution in [0.25, 0.3) is 0 Å². The van der Waals surface area contributed by atoms with Gasteiger partial charge in [0.1, 0.15) is 11.5 Å². The molecule has 116 valence electrons. The Hall–Kier alpha value is -2.20. The lowest BCUT2D eigenvalue weighted by atomic mass is 10.1. The molecule has 0 bridgehead atoms. The average molecular weight is 320 g/mol. The van der Waals surface area contributed by atoms with Crippen LogP contribution in [0.3, 0.4) is 0 Å². The van der Waals surface area contributed by atoms with Crippen molar-refractivity contribution in [3.05, 3.63) is 52.5 Å². The van der Waals surface area contributed by atoms with Crippen LogP contribution in [0.15, 0.2) is 36.4 Å². The van der Waals surface area contributed by atoms with Gasteiger partial charge in [-0.1, -0.05) is 29.8 Å². The Morgan fingerprint density at radius 3 is 2.64 bits per heavy atom. The van der Waals surface area contributed by atoms with Gasteiger partial charge in [-0.3, -0.25) is 4.79 Å². The molecule has 0 aliphatic rings. The lowest BCUT2D eigenvalue weighted by molar-refractivity contribution is -0.118. The van der Waals surface area contributed by atoms with Gasteiger partial charge in [0.25, 0.3) is 5.91 Å². The molecule has 0 saturated heterocycles. The number of para-hydroxylation sites is 2. The van der Waals surface area contributed by atoms with Crippen molar-refractivity contribution in [1.29, 1.82) is 0 Å². The van der Waals surface area contributed by atoms with Gasteiger partial charge in [0.05, 0.1) is 17.8 Å². The molecular formula is C17H18ClNO3. The second kappa shape index (κ2) is 7.18. The highest BCUT2D eigenvalue weighted by Crippen LogP contribution is 2.30. The Bertz CT molecular complexity index is 662. The summed E-state index contributed by atoms with van der Waals surface area (Å²) < 4.78 is 10.7. The van der Waals surface area contributed by atoms with Crippen molar-refractivity contribution >= 4 is 23.2 Å². The largest absolute Gasteiger partial charge is 0.495 e. The molecule has 22 heavy (non-hydrogen) atoms. The number of anilines is 1. The Morgan fingerprint density at radius 1 is 1.23 bits per heavy atom. The van der Waals surface area contributed by atoms with E-state index in [1.807, 2.05) is 38.1 Å². The molecule has 0 fully saturated rings. The first-order valence-electron chi connectivity index (χ1n) is 6.83. The molecule has 5 heteroatoms. The van der Waals surface area contributed by atoms with E-state index in [-0.39, 0.29) is 12.5 Å². The SMILES string of the molecule is COc1ccccc1NC(=O)COc1c(C)cc(C)cc1Cl. The summed E-state index contributed by atoms with van der Waals surface area (Å²) in [6.07, 6.45) is 0. The summed E-state index contributed by atoms with van der Waals surface area (Å²) in [6.45, 7) is 3.73. The van der Waals surface area contributed by atoms with Crippen LogP contribution in [0.1, 0.15) is 11.1 Å². The number of aryl methyl sites for hydroxylation is 2. The van der Waals surface area contributed by atoms with Gasteiger partial charge in [0.15, 0.2) is 6.61 Å². The number of methoxy groups -OCH3 is 1. The molecule has 0 spiro atoms. The van der Waals surface area contributed by atoms with E-state index in [1.165, 1.54) is 0 Å². The summed E-state index contributed by atoms with van der Waals surface area (Å²) in [5, 5.41) is 3.25. The zero-order valence-electron chi connectivity index (χ0n) is 12.8. The number of benzene rings is 2. The second-order valence-corrected chi connectivity index (χ2v) is 5.34. The summed E-state index contributed by atoms with van der Waals surface area (Å²) >= 11 is 6.15. The summed E-state index contributed by atoms with van der Waals surface area (Å²) in [7, 11) is 1.55. The van der Waals surface area contributed by atoms with Crippen molar-refractivity contribution in [2.75, 3.05) is 19.0 Å². The van der Waals surface area contributed by atoms with Gasteiger partial charge in [-0.15, -0.1) is 0 Å². The zero-order chi connectivity index (χ0) is 16.1. The maximum atomic E-state index is 12.0. The molecule has 2 rings (SSSR count). The number of nitrogens with one attached hydrogen (secondary N) is 1. The zero-order valence-corrected chi connectivity index (χ0v) is 13.5. The highest BCUT2D eigenvalue weighted by Gasteiger charge is 2.11. The average Bonchev–Trinajstić information content (AvgIpc) is 2.46. The first-order valence-corrected chi connectivity index (χ1v) is 7.21. The second-order valence-electron chi connectivity index (χ2n) is 4.93. The fraction of sp³-hybridized carbons (Fsp3) is 0.235. The van der Waals surface area contributed by atoms with Gasteiger partial charge >= 0.3 is 0 Å². The molecule has 0 aromatic heterocycles. The van der Waals surface area contributed by atoms with E-state index in [4.69, 9.17) is 21.1 Å². The van der Waals surface area contributed by atoms with Crippen molar-refractivity contribution < 1.29 is 14.3 Å². The Labute approximate surface area is 135 Å². The molecule has 1 N–H and O–H groups in total. The van der Waals surface area contributed by atoms with Crippen molar-refractivity contribution in [3.63, 3.8) is 0 Å². The van der Waals surface area contributed by atoms with Crippen LogP contribution in [-0.4, -0.2) is 19.6 Å². The lowest BCUT2D eigenvalue weighted by Gasteiger charge is -2.13. The molecule has 0 saturated carbocycles. The number of hydrogen-bond donors (Lipinski definition) is 1. The Kier molecular flexibility index (Phi) is 5.28.